The number of hydrogen-bond donors (Lipinski definition) is 1. The lowest BCUT2D eigenvalue weighted by Crippen LogP contribution is -1.84. The van der Waals surface area contributed by atoms with E-state index in [1.165, 1.54) is 17.4 Å². The van der Waals surface area contributed by atoms with Crippen molar-refractivity contribution in [2.75, 3.05) is 5.73 Å². The van der Waals surface area contributed by atoms with Crippen LogP contribution in [0.4, 0.5) is 13.8 Å². The lowest BCUT2D eigenvalue weighted by molar-refractivity contribution is 0.509. The van der Waals surface area contributed by atoms with Gasteiger partial charge in [0.25, 0.3) is 0 Å². The first kappa shape index (κ1) is 9.15. The Bertz CT molecular complexity index is 465. The molecule has 0 spiro atoms. The Hall–Kier alpha value is -1.42. The van der Waals surface area contributed by atoms with Gasteiger partial charge < -0.3 is 5.73 Å². The SMILES string of the molecule is Nc1cc(-c2ccc(F)c(F)c2)cs1. The second-order valence-corrected chi connectivity index (χ2v) is 3.81. The van der Waals surface area contributed by atoms with E-state index in [0.29, 0.717) is 10.6 Å². The maximum atomic E-state index is 12.9. The molecule has 1 aromatic heterocycles. The van der Waals surface area contributed by atoms with Gasteiger partial charge in [0, 0.05) is 5.38 Å². The summed E-state index contributed by atoms with van der Waals surface area (Å²) in [6.45, 7) is 0. The highest BCUT2D eigenvalue weighted by molar-refractivity contribution is 7.14. The fourth-order valence-corrected chi connectivity index (χ4v) is 1.84. The zero-order valence-electron chi connectivity index (χ0n) is 7.13. The first-order valence-electron chi connectivity index (χ1n) is 3.96. The number of nitrogens with two attached hydrogens (primary N) is 1. The summed E-state index contributed by atoms with van der Waals surface area (Å²) in [5.41, 5.74) is 6.98. The van der Waals surface area contributed by atoms with Gasteiger partial charge in [-0.1, -0.05) is 6.07 Å². The Morgan fingerprint density at radius 2 is 1.79 bits per heavy atom. The standard InChI is InChI=1S/C10H7F2NS/c11-8-2-1-6(3-9(8)12)7-4-10(13)14-5-7/h1-5H,13H2. The van der Waals surface area contributed by atoms with Crippen molar-refractivity contribution in [1.29, 1.82) is 0 Å². The molecule has 0 fully saturated rings. The maximum absolute atomic E-state index is 12.9. The summed E-state index contributed by atoms with van der Waals surface area (Å²) in [7, 11) is 0. The number of rotatable bonds is 1. The monoisotopic (exact) mass is 211 g/mol. The van der Waals surface area contributed by atoms with Crippen LogP contribution >= 0.6 is 11.3 Å². The van der Waals surface area contributed by atoms with Crippen LogP contribution in [0.25, 0.3) is 11.1 Å². The summed E-state index contributed by atoms with van der Waals surface area (Å²) in [5, 5.41) is 2.46. The van der Waals surface area contributed by atoms with Gasteiger partial charge in [-0.3, -0.25) is 0 Å². The molecule has 0 aliphatic carbocycles. The summed E-state index contributed by atoms with van der Waals surface area (Å²) < 4.78 is 25.5. The van der Waals surface area contributed by atoms with Crippen molar-refractivity contribution in [3.63, 3.8) is 0 Å². The molecule has 0 saturated heterocycles. The molecule has 2 N–H and O–H groups in total. The molecule has 1 heterocycles. The van der Waals surface area contributed by atoms with E-state index < -0.39 is 11.6 Å². The summed E-state index contributed by atoms with van der Waals surface area (Å²) in [6, 6.07) is 5.53. The minimum atomic E-state index is -0.840. The molecule has 0 atom stereocenters. The van der Waals surface area contributed by atoms with Gasteiger partial charge in [-0.15, -0.1) is 11.3 Å². The third kappa shape index (κ3) is 1.61. The van der Waals surface area contributed by atoms with Crippen LogP contribution in [0.5, 0.6) is 0 Å². The van der Waals surface area contributed by atoms with E-state index in [4.69, 9.17) is 5.73 Å². The molecule has 0 amide bonds. The average molecular weight is 211 g/mol. The molecule has 0 radical (unpaired) electrons. The van der Waals surface area contributed by atoms with Gasteiger partial charge in [0.05, 0.1) is 5.00 Å². The highest BCUT2D eigenvalue weighted by Crippen LogP contribution is 2.27. The van der Waals surface area contributed by atoms with Gasteiger partial charge in [-0.25, -0.2) is 8.78 Å². The van der Waals surface area contributed by atoms with Crippen LogP contribution in [0.2, 0.25) is 0 Å². The zero-order valence-corrected chi connectivity index (χ0v) is 7.94. The van der Waals surface area contributed by atoms with Crippen LogP contribution in [-0.4, -0.2) is 0 Å². The smallest absolute Gasteiger partial charge is 0.159 e. The molecule has 0 bridgehead atoms. The molecule has 2 rings (SSSR count). The lowest BCUT2D eigenvalue weighted by Gasteiger charge is -1.98. The fourth-order valence-electron chi connectivity index (χ4n) is 1.18. The molecule has 0 aliphatic rings. The second kappa shape index (κ2) is 3.38. The van der Waals surface area contributed by atoms with Crippen LogP contribution in [0.1, 0.15) is 0 Å². The highest BCUT2D eigenvalue weighted by atomic mass is 32.1. The Labute approximate surface area is 83.8 Å². The molecule has 0 unspecified atom stereocenters. The van der Waals surface area contributed by atoms with Crippen LogP contribution in [0.15, 0.2) is 29.6 Å². The minimum Gasteiger partial charge on any atom is -0.391 e. The third-order valence-corrected chi connectivity index (χ3v) is 2.63. The zero-order chi connectivity index (χ0) is 10.1. The number of benzene rings is 1. The molecular formula is C10H7F2NS. The normalized spacial score (nSPS) is 10.4. The van der Waals surface area contributed by atoms with Gasteiger partial charge >= 0.3 is 0 Å². The molecule has 1 aromatic carbocycles. The summed E-state index contributed by atoms with van der Waals surface area (Å²) in [6.07, 6.45) is 0. The highest BCUT2D eigenvalue weighted by Gasteiger charge is 2.05. The fraction of sp³-hybridized carbons (Fsp3) is 0. The van der Waals surface area contributed by atoms with Crippen molar-refractivity contribution in [3.8, 4) is 11.1 Å². The predicted molar refractivity (Wildman–Crippen MR) is 54.1 cm³/mol. The summed E-state index contributed by atoms with van der Waals surface area (Å²) in [5.74, 6) is -1.68. The van der Waals surface area contributed by atoms with Gasteiger partial charge in [-0.05, 0) is 29.3 Å². The van der Waals surface area contributed by atoms with E-state index in [0.717, 1.165) is 17.7 Å². The second-order valence-electron chi connectivity index (χ2n) is 2.87. The number of anilines is 1. The van der Waals surface area contributed by atoms with E-state index in [1.807, 2.05) is 5.38 Å². The topological polar surface area (TPSA) is 26.0 Å². The lowest BCUT2D eigenvalue weighted by atomic mass is 10.1. The number of thiophene rings is 1. The van der Waals surface area contributed by atoms with Crippen molar-refractivity contribution in [2.45, 2.75) is 0 Å². The molecule has 72 valence electrons. The first-order chi connectivity index (χ1) is 6.66. The van der Waals surface area contributed by atoms with E-state index in [2.05, 4.69) is 0 Å². The molecule has 2 aromatic rings. The van der Waals surface area contributed by atoms with Crippen LogP contribution in [-0.2, 0) is 0 Å². The van der Waals surface area contributed by atoms with Gasteiger partial charge in [0.2, 0.25) is 0 Å². The van der Waals surface area contributed by atoms with Gasteiger partial charge in [0.15, 0.2) is 11.6 Å². The molecule has 0 saturated carbocycles. The molecule has 14 heavy (non-hydrogen) atoms. The van der Waals surface area contributed by atoms with E-state index >= 15 is 0 Å². The predicted octanol–water partition coefficient (Wildman–Crippen LogP) is 3.28. The van der Waals surface area contributed by atoms with E-state index in [1.54, 1.807) is 6.07 Å². The number of hydrogen-bond acceptors (Lipinski definition) is 2. The average Bonchev–Trinajstić information content (AvgIpc) is 2.57. The third-order valence-electron chi connectivity index (χ3n) is 1.87. The Kier molecular flexibility index (Phi) is 2.21. The van der Waals surface area contributed by atoms with Crippen molar-refractivity contribution in [1.82, 2.24) is 0 Å². The Morgan fingerprint density at radius 1 is 1.00 bits per heavy atom. The molecule has 0 aliphatic heterocycles. The van der Waals surface area contributed by atoms with Crippen LogP contribution in [0.3, 0.4) is 0 Å². The minimum absolute atomic E-state index is 0.636. The quantitative estimate of drug-likeness (QED) is 0.769. The van der Waals surface area contributed by atoms with Crippen LogP contribution < -0.4 is 5.73 Å². The number of nitrogen functional groups attached to an aromatic ring is 1. The Balaban J connectivity index is 2.47. The Morgan fingerprint density at radius 3 is 2.36 bits per heavy atom. The molecule has 1 nitrogen and oxygen atoms in total. The number of halogens is 2. The molecular weight excluding hydrogens is 204 g/mol. The van der Waals surface area contributed by atoms with Gasteiger partial charge in [0.1, 0.15) is 0 Å². The van der Waals surface area contributed by atoms with Crippen molar-refractivity contribution < 1.29 is 8.78 Å². The van der Waals surface area contributed by atoms with Crippen molar-refractivity contribution >= 4 is 16.3 Å². The van der Waals surface area contributed by atoms with Crippen LogP contribution in [0, 0.1) is 11.6 Å². The largest absolute Gasteiger partial charge is 0.391 e. The van der Waals surface area contributed by atoms with Gasteiger partial charge in [-0.2, -0.15) is 0 Å². The maximum Gasteiger partial charge on any atom is 0.159 e. The summed E-state index contributed by atoms with van der Waals surface area (Å²) >= 11 is 1.37. The van der Waals surface area contributed by atoms with E-state index in [9.17, 15) is 8.78 Å². The summed E-state index contributed by atoms with van der Waals surface area (Å²) in [4.78, 5) is 0. The molecule has 4 heteroatoms. The van der Waals surface area contributed by atoms with Crippen molar-refractivity contribution in [3.05, 3.63) is 41.3 Å². The van der Waals surface area contributed by atoms with Crippen molar-refractivity contribution in [2.24, 2.45) is 0 Å². The first-order valence-corrected chi connectivity index (χ1v) is 4.84. The van der Waals surface area contributed by atoms with E-state index in [-0.39, 0.29) is 0 Å².